The van der Waals surface area contributed by atoms with Gasteiger partial charge in [0.05, 0.1) is 6.04 Å². The second kappa shape index (κ2) is 11.0. The first-order valence-corrected chi connectivity index (χ1v) is 9.41. The van der Waals surface area contributed by atoms with E-state index in [-0.39, 0.29) is 24.9 Å². The third-order valence-electron chi connectivity index (χ3n) is 3.78. The highest BCUT2D eigenvalue weighted by atomic mass is 16.7. The van der Waals surface area contributed by atoms with E-state index in [1.165, 1.54) is 12.0 Å². The number of unbranched alkanes of at least 4 members (excludes halogenated alkanes) is 2. The van der Waals surface area contributed by atoms with Crippen LogP contribution >= 0.6 is 0 Å². The molecule has 146 valence electrons. The molecule has 1 rings (SSSR count). The van der Waals surface area contributed by atoms with Crippen molar-refractivity contribution in [1.82, 2.24) is 5.06 Å². The van der Waals surface area contributed by atoms with Crippen molar-refractivity contribution in [1.29, 1.82) is 0 Å². The number of benzene rings is 1. The number of hydrogen-bond acceptors (Lipinski definition) is 4. The molecule has 1 amide bonds. The van der Waals surface area contributed by atoms with E-state index < -0.39 is 11.7 Å². The van der Waals surface area contributed by atoms with E-state index in [0.717, 1.165) is 24.8 Å². The molecule has 0 aliphatic rings. The molecule has 5 heteroatoms. The minimum atomic E-state index is -0.629. The van der Waals surface area contributed by atoms with Crippen molar-refractivity contribution in [2.24, 2.45) is 0 Å². The van der Waals surface area contributed by atoms with Crippen LogP contribution in [0.15, 0.2) is 30.3 Å². The van der Waals surface area contributed by atoms with Crippen LogP contribution in [0.3, 0.4) is 0 Å². The Bertz CT molecular complexity index is 551. The van der Waals surface area contributed by atoms with Crippen LogP contribution in [0.25, 0.3) is 0 Å². The van der Waals surface area contributed by atoms with Gasteiger partial charge in [0.25, 0.3) is 0 Å². The van der Waals surface area contributed by atoms with Gasteiger partial charge in [0.1, 0.15) is 18.0 Å². The standard InChI is InChI=1S/C21H33NO4/c1-6-7-9-14-19(15-17(2)23)22(20(24)26-21(3,4)5)25-16-18-12-10-8-11-13-18/h8,10-13,19H,6-7,9,14-16H2,1-5H3/t19-/m1/s1. The highest BCUT2D eigenvalue weighted by Crippen LogP contribution is 2.20. The summed E-state index contributed by atoms with van der Waals surface area (Å²) < 4.78 is 5.51. The van der Waals surface area contributed by atoms with Crippen LogP contribution in [-0.4, -0.2) is 28.6 Å². The summed E-state index contributed by atoms with van der Waals surface area (Å²) in [6.45, 7) is 9.36. The van der Waals surface area contributed by atoms with Crippen molar-refractivity contribution in [3.8, 4) is 0 Å². The SMILES string of the molecule is CCCCC[C@H](CC(C)=O)N(OCc1ccccc1)C(=O)OC(C)(C)C. The van der Waals surface area contributed by atoms with Crippen molar-refractivity contribution < 1.29 is 19.2 Å². The summed E-state index contributed by atoms with van der Waals surface area (Å²) in [5.74, 6) is 0.0309. The number of rotatable bonds is 10. The fourth-order valence-electron chi connectivity index (χ4n) is 2.60. The maximum Gasteiger partial charge on any atom is 0.434 e. The van der Waals surface area contributed by atoms with Gasteiger partial charge < -0.3 is 4.74 Å². The molecular weight excluding hydrogens is 330 g/mol. The molecule has 0 fully saturated rings. The first-order chi connectivity index (χ1) is 12.2. The molecule has 0 saturated heterocycles. The zero-order valence-electron chi connectivity index (χ0n) is 16.8. The minimum Gasteiger partial charge on any atom is -0.442 e. The predicted octanol–water partition coefficient (Wildman–Crippen LogP) is 5.28. The molecule has 0 spiro atoms. The molecule has 1 aromatic rings. The van der Waals surface area contributed by atoms with Gasteiger partial charge in [-0.3, -0.25) is 9.63 Å². The Morgan fingerprint density at radius 2 is 1.77 bits per heavy atom. The molecule has 0 unspecified atom stereocenters. The van der Waals surface area contributed by atoms with Crippen LogP contribution in [0, 0.1) is 0 Å². The molecule has 0 aromatic heterocycles. The molecule has 0 bridgehead atoms. The lowest BCUT2D eigenvalue weighted by Gasteiger charge is -2.32. The summed E-state index contributed by atoms with van der Waals surface area (Å²) in [6, 6.07) is 9.32. The third-order valence-corrected chi connectivity index (χ3v) is 3.78. The van der Waals surface area contributed by atoms with E-state index in [1.807, 2.05) is 51.1 Å². The Labute approximate surface area is 157 Å². The molecule has 0 N–H and O–H groups in total. The second-order valence-electron chi connectivity index (χ2n) is 7.62. The smallest absolute Gasteiger partial charge is 0.434 e. The Morgan fingerprint density at radius 1 is 1.12 bits per heavy atom. The minimum absolute atomic E-state index is 0.0309. The zero-order chi connectivity index (χ0) is 19.6. The Hall–Kier alpha value is -1.88. The van der Waals surface area contributed by atoms with Crippen LogP contribution in [0.5, 0.6) is 0 Å². The average Bonchev–Trinajstić information content (AvgIpc) is 2.54. The van der Waals surface area contributed by atoms with E-state index in [4.69, 9.17) is 9.57 Å². The Kier molecular flexibility index (Phi) is 9.35. The lowest BCUT2D eigenvalue weighted by atomic mass is 10.0. The van der Waals surface area contributed by atoms with Crippen LogP contribution < -0.4 is 0 Å². The molecule has 26 heavy (non-hydrogen) atoms. The van der Waals surface area contributed by atoms with Crippen LogP contribution in [0.4, 0.5) is 4.79 Å². The summed E-state index contributed by atoms with van der Waals surface area (Å²) >= 11 is 0. The number of carbonyl (C=O) groups excluding carboxylic acids is 2. The molecule has 1 atom stereocenters. The van der Waals surface area contributed by atoms with E-state index in [2.05, 4.69) is 6.92 Å². The summed E-state index contributed by atoms with van der Waals surface area (Å²) in [7, 11) is 0. The van der Waals surface area contributed by atoms with Crippen LogP contribution in [0.1, 0.15) is 72.3 Å². The van der Waals surface area contributed by atoms with Crippen molar-refractivity contribution in [3.63, 3.8) is 0 Å². The molecular formula is C21H33NO4. The van der Waals surface area contributed by atoms with E-state index in [9.17, 15) is 9.59 Å². The van der Waals surface area contributed by atoms with Crippen molar-refractivity contribution in [3.05, 3.63) is 35.9 Å². The van der Waals surface area contributed by atoms with Gasteiger partial charge in [-0.1, -0.05) is 56.5 Å². The summed E-state index contributed by atoms with van der Waals surface area (Å²) in [5, 5.41) is 1.27. The quantitative estimate of drug-likeness (QED) is 0.419. The highest BCUT2D eigenvalue weighted by molar-refractivity contribution is 5.77. The van der Waals surface area contributed by atoms with Gasteiger partial charge in [0.15, 0.2) is 0 Å². The molecule has 1 aromatic carbocycles. The Morgan fingerprint density at radius 3 is 2.31 bits per heavy atom. The number of amides is 1. The maximum atomic E-state index is 12.7. The van der Waals surface area contributed by atoms with Gasteiger partial charge in [-0.15, -0.1) is 0 Å². The molecule has 0 heterocycles. The summed E-state index contributed by atoms with van der Waals surface area (Å²) in [5.41, 5.74) is 0.325. The molecule has 0 radical (unpaired) electrons. The molecule has 0 aliphatic heterocycles. The van der Waals surface area contributed by atoms with Crippen molar-refractivity contribution in [2.45, 2.75) is 85.0 Å². The van der Waals surface area contributed by atoms with Crippen molar-refractivity contribution in [2.75, 3.05) is 0 Å². The van der Waals surface area contributed by atoms with Gasteiger partial charge in [-0.2, -0.15) is 5.06 Å². The summed E-state index contributed by atoms with van der Waals surface area (Å²) in [6.07, 6.45) is 3.48. The van der Waals surface area contributed by atoms with Crippen LogP contribution in [0.2, 0.25) is 0 Å². The molecule has 0 aliphatic carbocycles. The van der Waals surface area contributed by atoms with Gasteiger partial charge in [0, 0.05) is 6.42 Å². The van der Waals surface area contributed by atoms with Gasteiger partial charge in [-0.25, -0.2) is 4.79 Å². The number of hydroxylamine groups is 2. The van der Waals surface area contributed by atoms with Crippen molar-refractivity contribution >= 4 is 11.9 Å². The van der Waals surface area contributed by atoms with E-state index in [1.54, 1.807) is 0 Å². The first kappa shape index (κ1) is 22.2. The van der Waals surface area contributed by atoms with Gasteiger partial charge in [0.2, 0.25) is 0 Å². The fraction of sp³-hybridized carbons (Fsp3) is 0.619. The number of ether oxygens (including phenoxy) is 1. The largest absolute Gasteiger partial charge is 0.442 e. The van der Waals surface area contributed by atoms with Crippen LogP contribution in [-0.2, 0) is 21.0 Å². The third kappa shape index (κ3) is 8.99. The van der Waals surface area contributed by atoms with E-state index >= 15 is 0 Å². The van der Waals surface area contributed by atoms with Gasteiger partial charge >= 0.3 is 6.09 Å². The monoisotopic (exact) mass is 363 g/mol. The second-order valence-corrected chi connectivity index (χ2v) is 7.62. The first-order valence-electron chi connectivity index (χ1n) is 9.41. The predicted molar refractivity (Wildman–Crippen MR) is 103 cm³/mol. The molecule has 0 saturated carbocycles. The number of ketones is 1. The maximum absolute atomic E-state index is 12.7. The number of carbonyl (C=O) groups is 2. The lowest BCUT2D eigenvalue weighted by molar-refractivity contribution is -0.182. The lowest BCUT2D eigenvalue weighted by Crippen LogP contribution is -2.44. The fourth-order valence-corrected chi connectivity index (χ4v) is 2.60. The number of nitrogens with zero attached hydrogens (tertiary/aromatic N) is 1. The normalized spacial score (nSPS) is 12.5. The zero-order valence-corrected chi connectivity index (χ0v) is 16.8. The van der Waals surface area contributed by atoms with Gasteiger partial charge in [-0.05, 0) is 39.7 Å². The molecule has 5 nitrogen and oxygen atoms in total. The number of Topliss-reactive ketones (excluding diaryl/α,β-unsaturated/α-hetero) is 1. The summed E-state index contributed by atoms with van der Waals surface area (Å²) in [4.78, 5) is 30.3. The Balaban J connectivity index is 2.92. The number of hydrogen-bond donors (Lipinski definition) is 0. The highest BCUT2D eigenvalue weighted by Gasteiger charge is 2.30. The topological polar surface area (TPSA) is 55.8 Å². The van der Waals surface area contributed by atoms with E-state index in [0.29, 0.717) is 6.42 Å². The average molecular weight is 363 g/mol.